The van der Waals surface area contributed by atoms with Crippen molar-refractivity contribution < 1.29 is 9.84 Å². The van der Waals surface area contributed by atoms with E-state index in [1.165, 1.54) is 12.8 Å². The summed E-state index contributed by atoms with van der Waals surface area (Å²) in [5.74, 6) is 0.774. The Bertz CT molecular complexity index is 190. The molecule has 0 heterocycles. The lowest BCUT2D eigenvalue weighted by Crippen LogP contribution is -2.40. The van der Waals surface area contributed by atoms with Crippen molar-refractivity contribution in [2.45, 2.75) is 32.0 Å². The summed E-state index contributed by atoms with van der Waals surface area (Å²) < 4.78 is 5.01. The molecule has 1 saturated carbocycles. The Balaban J connectivity index is 2.19. The largest absolute Gasteiger partial charge is 0.367 e. The van der Waals surface area contributed by atoms with Gasteiger partial charge in [-0.3, -0.25) is 0 Å². The molecule has 2 nitrogen and oxygen atoms in total. The Kier molecular flexibility index (Phi) is 1.97. The maximum Gasteiger partial charge on any atom is 0.163 e. The molecule has 0 radical (unpaired) electrons. The van der Waals surface area contributed by atoms with Crippen LogP contribution in [-0.2, 0) is 4.74 Å². The van der Waals surface area contributed by atoms with Gasteiger partial charge in [0.15, 0.2) is 6.29 Å². The van der Waals surface area contributed by atoms with Crippen LogP contribution in [0.2, 0.25) is 0 Å². The van der Waals surface area contributed by atoms with E-state index < -0.39 is 6.29 Å². The standard InChI is InChI=1S/C10H16O2/c1-12-9(11)10-5-2-8(3-6-10)4-7-10/h2,5,8-9,11H,3-4,6-7H2,1H3. The number of aliphatic hydroxyl groups is 1. The van der Waals surface area contributed by atoms with Gasteiger partial charge < -0.3 is 9.84 Å². The molecule has 0 amide bonds. The van der Waals surface area contributed by atoms with E-state index in [9.17, 15) is 5.11 Å². The molecule has 0 saturated heterocycles. The van der Waals surface area contributed by atoms with Crippen LogP contribution >= 0.6 is 0 Å². The highest BCUT2D eigenvalue weighted by atomic mass is 16.6. The molecule has 1 atom stereocenters. The fourth-order valence-electron chi connectivity index (χ4n) is 2.43. The van der Waals surface area contributed by atoms with Gasteiger partial charge in [-0.15, -0.1) is 0 Å². The molecule has 1 unspecified atom stereocenters. The van der Waals surface area contributed by atoms with Gasteiger partial charge in [-0.05, 0) is 31.6 Å². The minimum Gasteiger partial charge on any atom is -0.367 e. The van der Waals surface area contributed by atoms with E-state index >= 15 is 0 Å². The van der Waals surface area contributed by atoms with Crippen LogP contribution in [0, 0.1) is 11.3 Å². The van der Waals surface area contributed by atoms with E-state index in [2.05, 4.69) is 12.2 Å². The predicted molar refractivity (Wildman–Crippen MR) is 46.5 cm³/mol. The Hall–Kier alpha value is -0.340. The van der Waals surface area contributed by atoms with Gasteiger partial charge >= 0.3 is 0 Å². The van der Waals surface area contributed by atoms with E-state index in [1.807, 2.05) is 0 Å². The number of hydrogen-bond donors (Lipinski definition) is 1. The van der Waals surface area contributed by atoms with Crippen LogP contribution in [0.3, 0.4) is 0 Å². The summed E-state index contributed by atoms with van der Waals surface area (Å²) in [6.07, 6.45) is 8.42. The summed E-state index contributed by atoms with van der Waals surface area (Å²) >= 11 is 0. The average Bonchev–Trinajstić information content (AvgIpc) is 2.19. The highest BCUT2D eigenvalue weighted by Gasteiger charge is 2.42. The zero-order valence-electron chi connectivity index (χ0n) is 7.49. The van der Waals surface area contributed by atoms with Crippen molar-refractivity contribution in [3.05, 3.63) is 12.2 Å². The van der Waals surface area contributed by atoms with E-state index in [4.69, 9.17) is 4.74 Å². The fraction of sp³-hybridized carbons (Fsp3) is 0.800. The normalized spacial score (nSPS) is 41.7. The number of rotatable bonds is 2. The summed E-state index contributed by atoms with van der Waals surface area (Å²) in [6.45, 7) is 0. The quantitative estimate of drug-likeness (QED) is 0.502. The summed E-state index contributed by atoms with van der Waals surface area (Å²) in [5.41, 5.74) is -0.0521. The number of hydrogen-bond acceptors (Lipinski definition) is 2. The molecule has 68 valence electrons. The summed E-state index contributed by atoms with van der Waals surface area (Å²) in [5, 5.41) is 9.68. The van der Waals surface area contributed by atoms with Gasteiger partial charge in [0.25, 0.3) is 0 Å². The third-order valence-corrected chi connectivity index (χ3v) is 3.38. The summed E-state index contributed by atoms with van der Waals surface area (Å²) in [7, 11) is 1.58. The number of methoxy groups -OCH3 is 1. The molecule has 0 spiro atoms. The Labute approximate surface area is 73.2 Å². The van der Waals surface area contributed by atoms with Crippen LogP contribution in [0.15, 0.2) is 12.2 Å². The van der Waals surface area contributed by atoms with E-state index in [0.29, 0.717) is 0 Å². The van der Waals surface area contributed by atoms with Crippen molar-refractivity contribution in [3.63, 3.8) is 0 Å². The fourth-order valence-corrected chi connectivity index (χ4v) is 2.43. The summed E-state index contributed by atoms with van der Waals surface area (Å²) in [6, 6.07) is 0. The molecule has 0 aromatic rings. The molecule has 0 aromatic carbocycles. The average molecular weight is 168 g/mol. The topological polar surface area (TPSA) is 29.5 Å². The van der Waals surface area contributed by atoms with Crippen LogP contribution in [-0.4, -0.2) is 18.5 Å². The summed E-state index contributed by atoms with van der Waals surface area (Å²) in [4.78, 5) is 0. The molecule has 1 fully saturated rings. The molecule has 0 aromatic heterocycles. The van der Waals surface area contributed by atoms with Gasteiger partial charge in [-0.25, -0.2) is 0 Å². The Morgan fingerprint density at radius 1 is 1.50 bits per heavy atom. The Morgan fingerprint density at radius 2 is 2.17 bits per heavy atom. The minimum atomic E-state index is -0.602. The van der Waals surface area contributed by atoms with Crippen LogP contribution in [0.5, 0.6) is 0 Å². The van der Waals surface area contributed by atoms with Gasteiger partial charge in [0.2, 0.25) is 0 Å². The molecule has 3 aliphatic rings. The molecular weight excluding hydrogens is 152 g/mol. The third kappa shape index (κ3) is 1.10. The van der Waals surface area contributed by atoms with Gasteiger partial charge in [-0.1, -0.05) is 12.2 Å². The lowest BCUT2D eigenvalue weighted by Gasteiger charge is -2.43. The maximum absolute atomic E-state index is 9.68. The van der Waals surface area contributed by atoms with Crippen molar-refractivity contribution >= 4 is 0 Å². The van der Waals surface area contributed by atoms with Crippen LogP contribution < -0.4 is 0 Å². The van der Waals surface area contributed by atoms with Gasteiger partial charge in [0.1, 0.15) is 0 Å². The number of allylic oxidation sites excluding steroid dienone is 1. The van der Waals surface area contributed by atoms with Gasteiger partial charge in [0, 0.05) is 12.5 Å². The van der Waals surface area contributed by atoms with Crippen LogP contribution in [0.4, 0.5) is 0 Å². The smallest absolute Gasteiger partial charge is 0.163 e. The zero-order valence-corrected chi connectivity index (χ0v) is 7.49. The predicted octanol–water partition coefficient (Wildman–Crippen LogP) is 1.70. The first-order valence-corrected chi connectivity index (χ1v) is 4.67. The highest BCUT2D eigenvalue weighted by molar-refractivity contribution is 5.12. The molecule has 3 aliphatic carbocycles. The second kappa shape index (κ2) is 2.86. The van der Waals surface area contributed by atoms with E-state index in [-0.39, 0.29) is 5.41 Å². The number of aliphatic hydroxyl groups excluding tert-OH is 1. The van der Waals surface area contributed by atoms with Crippen molar-refractivity contribution in [2.24, 2.45) is 11.3 Å². The molecule has 12 heavy (non-hydrogen) atoms. The maximum atomic E-state index is 9.68. The lowest BCUT2D eigenvalue weighted by molar-refractivity contribution is -0.155. The van der Waals surface area contributed by atoms with Crippen molar-refractivity contribution in [2.75, 3.05) is 7.11 Å². The van der Waals surface area contributed by atoms with E-state index in [0.717, 1.165) is 18.8 Å². The number of fused-ring (bicyclic) bond motifs is 2. The molecule has 0 aliphatic heterocycles. The van der Waals surface area contributed by atoms with Gasteiger partial charge in [0.05, 0.1) is 0 Å². The minimum absolute atomic E-state index is 0.0521. The van der Waals surface area contributed by atoms with Crippen molar-refractivity contribution in [3.8, 4) is 0 Å². The SMILES string of the molecule is COC(O)C12C=CC(CC1)CC2. The highest BCUT2D eigenvalue weighted by Crippen LogP contribution is 2.47. The molecular formula is C10H16O2. The first-order chi connectivity index (χ1) is 5.77. The molecule has 2 heteroatoms. The second-order valence-corrected chi connectivity index (χ2v) is 4.02. The molecule has 2 bridgehead atoms. The van der Waals surface area contributed by atoms with Gasteiger partial charge in [-0.2, -0.15) is 0 Å². The first-order valence-electron chi connectivity index (χ1n) is 4.67. The second-order valence-electron chi connectivity index (χ2n) is 4.02. The van der Waals surface area contributed by atoms with Crippen LogP contribution in [0.25, 0.3) is 0 Å². The third-order valence-electron chi connectivity index (χ3n) is 3.38. The first kappa shape index (κ1) is 8.27. The lowest BCUT2D eigenvalue weighted by atomic mass is 9.65. The monoisotopic (exact) mass is 168 g/mol. The molecule has 1 N–H and O–H groups in total. The van der Waals surface area contributed by atoms with Crippen molar-refractivity contribution in [1.82, 2.24) is 0 Å². The molecule has 3 rings (SSSR count). The van der Waals surface area contributed by atoms with Crippen LogP contribution in [0.1, 0.15) is 25.7 Å². The Morgan fingerprint density at radius 3 is 2.58 bits per heavy atom. The number of ether oxygens (including phenoxy) is 1. The zero-order chi connectivity index (χ0) is 8.60. The van der Waals surface area contributed by atoms with Crippen molar-refractivity contribution in [1.29, 1.82) is 0 Å². The van der Waals surface area contributed by atoms with E-state index in [1.54, 1.807) is 7.11 Å².